The van der Waals surface area contributed by atoms with Crippen molar-refractivity contribution in [2.75, 3.05) is 19.3 Å². The van der Waals surface area contributed by atoms with Gasteiger partial charge in [0.05, 0.1) is 6.26 Å². The van der Waals surface area contributed by atoms with E-state index in [4.69, 9.17) is 4.74 Å². The zero-order valence-corrected chi connectivity index (χ0v) is 14.6. The van der Waals surface area contributed by atoms with Crippen LogP contribution in [0.25, 0.3) is 0 Å². The number of ether oxygens (including phenoxy) is 1. The van der Waals surface area contributed by atoms with Crippen LogP contribution in [-0.2, 0) is 14.8 Å². The van der Waals surface area contributed by atoms with Crippen molar-refractivity contribution in [1.29, 1.82) is 0 Å². The van der Waals surface area contributed by atoms with Crippen LogP contribution < -0.4 is 9.46 Å². The Morgan fingerprint density at radius 1 is 1.35 bits per heavy atom. The summed E-state index contributed by atoms with van der Waals surface area (Å²) in [6, 6.07) is 7.31. The highest BCUT2D eigenvalue weighted by Gasteiger charge is 2.28. The molecule has 1 amide bonds. The van der Waals surface area contributed by atoms with Gasteiger partial charge in [0.1, 0.15) is 5.75 Å². The van der Waals surface area contributed by atoms with Gasteiger partial charge in [0, 0.05) is 19.1 Å². The Hall–Kier alpha value is -1.60. The second kappa shape index (κ2) is 7.31. The van der Waals surface area contributed by atoms with Crippen LogP contribution in [0.2, 0.25) is 0 Å². The summed E-state index contributed by atoms with van der Waals surface area (Å²) in [7, 11) is -3.26. The molecule has 1 aliphatic rings. The molecule has 23 heavy (non-hydrogen) atoms. The van der Waals surface area contributed by atoms with Crippen LogP contribution in [0, 0.1) is 6.92 Å². The van der Waals surface area contributed by atoms with Gasteiger partial charge in [-0.1, -0.05) is 17.7 Å². The maximum Gasteiger partial charge on any atom is 0.263 e. The fourth-order valence-electron chi connectivity index (χ4n) is 2.70. The Labute approximate surface area is 137 Å². The summed E-state index contributed by atoms with van der Waals surface area (Å²) in [5.41, 5.74) is 1.13. The minimum Gasteiger partial charge on any atom is -0.481 e. The Kier molecular flexibility index (Phi) is 5.64. The normalized spacial score (nSPS) is 20.1. The number of nitrogens with one attached hydrogen (secondary N) is 1. The highest BCUT2D eigenvalue weighted by atomic mass is 32.2. The smallest absolute Gasteiger partial charge is 0.263 e. The molecule has 1 aliphatic heterocycles. The topological polar surface area (TPSA) is 75.7 Å². The van der Waals surface area contributed by atoms with E-state index in [1.54, 1.807) is 11.8 Å². The van der Waals surface area contributed by atoms with Crippen LogP contribution >= 0.6 is 0 Å². The molecule has 1 saturated heterocycles. The van der Waals surface area contributed by atoms with Gasteiger partial charge < -0.3 is 9.64 Å². The van der Waals surface area contributed by atoms with Crippen molar-refractivity contribution in [2.24, 2.45) is 0 Å². The highest BCUT2D eigenvalue weighted by Crippen LogP contribution is 2.16. The largest absolute Gasteiger partial charge is 0.481 e. The summed E-state index contributed by atoms with van der Waals surface area (Å²) >= 11 is 0. The molecular weight excluding hydrogens is 316 g/mol. The maximum atomic E-state index is 12.5. The van der Waals surface area contributed by atoms with E-state index in [-0.39, 0.29) is 11.9 Å². The first kappa shape index (κ1) is 17.7. The molecule has 6 nitrogen and oxygen atoms in total. The lowest BCUT2D eigenvalue weighted by molar-refractivity contribution is -0.139. The number of hydrogen-bond acceptors (Lipinski definition) is 4. The van der Waals surface area contributed by atoms with Crippen molar-refractivity contribution in [3.63, 3.8) is 0 Å². The first-order valence-corrected chi connectivity index (χ1v) is 9.63. The lowest BCUT2D eigenvalue weighted by atomic mass is 10.1. The van der Waals surface area contributed by atoms with E-state index in [0.717, 1.165) is 24.7 Å². The van der Waals surface area contributed by atoms with Crippen LogP contribution in [0.15, 0.2) is 24.3 Å². The zero-order valence-electron chi connectivity index (χ0n) is 13.8. The Bertz CT molecular complexity index is 643. The number of carbonyl (C=O) groups excluding carboxylic acids is 1. The SMILES string of the molecule is Cc1ccc(O[C@H](C)C(=O)N2CCC[C@@H](NS(C)(=O)=O)C2)cc1. The third-order valence-corrected chi connectivity index (χ3v) is 4.56. The fraction of sp³-hybridized carbons (Fsp3) is 0.562. The van der Waals surface area contributed by atoms with Gasteiger partial charge in [0.25, 0.3) is 5.91 Å². The second-order valence-electron chi connectivity index (χ2n) is 6.09. The molecule has 1 heterocycles. The first-order valence-electron chi connectivity index (χ1n) is 7.74. The third kappa shape index (κ3) is 5.51. The van der Waals surface area contributed by atoms with E-state index in [0.29, 0.717) is 18.8 Å². The molecule has 1 aromatic carbocycles. The Morgan fingerprint density at radius 3 is 2.61 bits per heavy atom. The van der Waals surface area contributed by atoms with Gasteiger partial charge in [0.15, 0.2) is 6.10 Å². The maximum absolute atomic E-state index is 12.5. The zero-order chi connectivity index (χ0) is 17.0. The average Bonchev–Trinajstić information content (AvgIpc) is 2.47. The van der Waals surface area contributed by atoms with Crippen LogP contribution in [0.1, 0.15) is 25.3 Å². The predicted octanol–water partition coefficient (Wildman–Crippen LogP) is 1.30. The minimum absolute atomic E-state index is 0.120. The Morgan fingerprint density at radius 2 is 2.00 bits per heavy atom. The minimum atomic E-state index is -3.26. The number of sulfonamides is 1. The van der Waals surface area contributed by atoms with Crippen LogP contribution in [0.4, 0.5) is 0 Å². The van der Waals surface area contributed by atoms with Gasteiger partial charge >= 0.3 is 0 Å². The molecule has 1 N–H and O–H groups in total. The molecule has 1 fully saturated rings. The van der Waals surface area contributed by atoms with Crippen molar-refractivity contribution >= 4 is 15.9 Å². The summed E-state index contributed by atoms with van der Waals surface area (Å²) < 4.78 is 30.9. The van der Waals surface area contributed by atoms with E-state index in [1.807, 2.05) is 31.2 Å². The first-order chi connectivity index (χ1) is 10.7. The van der Waals surface area contributed by atoms with Crippen molar-refractivity contribution in [3.05, 3.63) is 29.8 Å². The van der Waals surface area contributed by atoms with Crippen molar-refractivity contribution < 1.29 is 17.9 Å². The average molecular weight is 340 g/mol. The number of carbonyl (C=O) groups is 1. The highest BCUT2D eigenvalue weighted by molar-refractivity contribution is 7.88. The number of nitrogens with zero attached hydrogens (tertiary/aromatic N) is 1. The summed E-state index contributed by atoms with van der Waals surface area (Å²) in [5.74, 6) is 0.532. The summed E-state index contributed by atoms with van der Waals surface area (Å²) in [5, 5.41) is 0. The van der Waals surface area contributed by atoms with Gasteiger partial charge in [-0.2, -0.15) is 0 Å². The number of hydrogen-bond donors (Lipinski definition) is 1. The monoisotopic (exact) mass is 340 g/mol. The Balaban J connectivity index is 1.94. The molecule has 2 rings (SSSR count). The number of aryl methyl sites for hydroxylation is 1. The summed E-state index contributed by atoms with van der Waals surface area (Å²) in [4.78, 5) is 14.2. The quantitative estimate of drug-likeness (QED) is 0.877. The molecule has 0 unspecified atom stereocenters. The lowest BCUT2D eigenvalue weighted by Gasteiger charge is -2.34. The molecule has 7 heteroatoms. The van der Waals surface area contributed by atoms with Gasteiger partial charge in [-0.25, -0.2) is 13.1 Å². The van der Waals surface area contributed by atoms with Crippen molar-refractivity contribution in [2.45, 2.75) is 38.8 Å². The third-order valence-electron chi connectivity index (χ3n) is 3.80. The number of piperidine rings is 1. The van der Waals surface area contributed by atoms with Crippen molar-refractivity contribution in [3.8, 4) is 5.75 Å². The van der Waals surface area contributed by atoms with E-state index in [9.17, 15) is 13.2 Å². The van der Waals surface area contributed by atoms with E-state index < -0.39 is 16.1 Å². The molecule has 2 atom stereocenters. The molecule has 0 aliphatic carbocycles. The second-order valence-corrected chi connectivity index (χ2v) is 7.87. The molecule has 0 radical (unpaired) electrons. The summed E-state index contributed by atoms with van der Waals surface area (Å²) in [6.07, 6.45) is 2.05. The van der Waals surface area contributed by atoms with Gasteiger partial charge in [-0.3, -0.25) is 4.79 Å². The lowest BCUT2D eigenvalue weighted by Crippen LogP contribution is -2.52. The van der Waals surface area contributed by atoms with E-state index in [1.165, 1.54) is 0 Å². The molecule has 0 saturated carbocycles. The number of likely N-dealkylation sites (tertiary alicyclic amines) is 1. The van der Waals surface area contributed by atoms with E-state index >= 15 is 0 Å². The standard InChI is InChI=1S/C16H24N2O4S/c1-12-6-8-15(9-7-12)22-13(2)16(19)18-10-4-5-14(11-18)17-23(3,20)21/h6-9,13-14,17H,4-5,10-11H2,1-3H3/t13-,14-/m1/s1. The van der Waals surface area contributed by atoms with E-state index in [2.05, 4.69) is 4.72 Å². The fourth-order valence-corrected chi connectivity index (χ4v) is 3.50. The predicted molar refractivity (Wildman–Crippen MR) is 88.9 cm³/mol. The van der Waals surface area contributed by atoms with Crippen LogP contribution in [-0.4, -0.2) is 50.7 Å². The summed E-state index contributed by atoms with van der Waals surface area (Å²) in [6.45, 7) is 4.71. The van der Waals surface area contributed by atoms with Crippen LogP contribution in [0.3, 0.4) is 0 Å². The van der Waals surface area contributed by atoms with Crippen LogP contribution in [0.5, 0.6) is 5.75 Å². The molecule has 0 spiro atoms. The number of rotatable bonds is 5. The van der Waals surface area contributed by atoms with Crippen molar-refractivity contribution in [1.82, 2.24) is 9.62 Å². The van der Waals surface area contributed by atoms with Gasteiger partial charge in [-0.15, -0.1) is 0 Å². The number of benzene rings is 1. The number of amides is 1. The molecule has 128 valence electrons. The molecule has 1 aromatic rings. The molecule has 0 aromatic heterocycles. The molecular formula is C16H24N2O4S. The van der Waals surface area contributed by atoms with Gasteiger partial charge in [-0.05, 0) is 38.8 Å². The molecule has 0 bridgehead atoms. The van der Waals surface area contributed by atoms with Gasteiger partial charge in [0.2, 0.25) is 10.0 Å².